The number of hydrogen-bond donors (Lipinski definition) is 0. The van der Waals surface area contributed by atoms with Gasteiger partial charge in [-0.25, -0.2) is 4.98 Å². The molecule has 4 rings (SSSR count). The Bertz CT molecular complexity index is 1240. The number of rotatable bonds is 7. The number of nitro groups is 1. The summed E-state index contributed by atoms with van der Waals surface area (Å²) in [4.78, 5) is 27.6. The van der Waals surface area contributed by atoms with Gasteiger partial charge in [0.05, 0.1) is 28.3 Å². The highest BCUT2D eigenvalue weighted by molar-refractivity contribution is 7.99. The van der Waals surface area contributed by atoms with Gasteiger partial charge in [0.15, 0.2) is 10.9 Å². The SMILES string of the molecule is O=C(CSc1nc2ccccc2n1Cc1ccccc1Cl)c1ccc([N+](=O)[O-])cc1. The molecular weight excluding hydrogens is 422 g/mol. The molecule has 0 aliphatic carbocycles. The van der Waals surface area contributed by atoms with E-state index < -0.39 is 4.92 Å². The van der Waals surface area contributed by atoms with Gasteiger partial charge in [-0.2, -0.15) is 0 Å². The van der Waals surface area contributed by atoms with Crippen LogP contribution in [0.2, 0.25) is 5.02 Å². The Morgan fingerprint density at radius 2 is 1.73 bits per heavy atom. The zero-order valence-electron chi connectivity index (χ0n) is 15.7. The molecule has 0 fully saturated rings. The zero-order valence-corrected chi connectivity index (χ0v) is 17.3. The van der Waals surface area contributed by atoms with Crippen molar-refractivity contribution in [3.63, 3.8) is 0 Å². The number of Topliss-reactive ketones (excluding diaryl/α,β-unsaturated/α-hetero) is 1. The molecule has 8 heteroatoms. The summed E-state index contributed by atoms with van der Waals surface area (Å²) in [5, 5.41) is 12.2. The first kappa shape index (κ1) is 20.1. The molecule has 0 aliphatic heterocycles. The van der Waals surface area contributed by atoms with Gasteiger partial charge in [-0.15, -0.1) is 0 Å². The molecule has 0 unspecified atom stereocenters. The minimum absolute atomic E-state index is 0.0410. The van der Waals surface area contributed by atoms with Crippen LogP contribution in [0, 0.1) is 10.1 Å². The van der Waals surface area contributed by atoms with E-state index in [-0.39, 0.29) is 17.2 Å². The van der Waals surface area contributed by atoms with Crippen LogP contribution in [-0.2, 0) is 6.54 Å². The summed E-state index contributed by atoms with van der Waals surface area (Å²) in [6.07, 6.45) is 0. The lowest BCUT2D eigenvalue weighted by Gasteiger charge is -2.10. The van der Waals surface area contributed by atoms with E-state index in [1.807, 2.05) is 53.1 Å². The topological polar surface area (TPSA) is 78.0 Å². The number of nitro benzene ring substituents is 1. The molecule has 4 aromatic rings. The highest BCUT2D eigenvalue weighted by atomic mass is 35.5. The number of non-ortho nitro benzene ring substituents is 1. The molecule has 3 aromatic carbocycles. The van der Waals surface area contributed by atoms with Crippen molar-refractivity contribution in [3.05, 3.63) is 99.1 Å². The Morgan fingerprint density at radius 1 is 1.03 bits per heavy atom. The average molecular weight is 438 g/mol. The molecule has 0 bridgehead atoms. The van der Waals surface area contributed by atoms with E-state index in [1.165, 1.54) is 36.0 Å². The van der Waals surface area contributed by atoms with Gasteiger partial charge in [0.25, 0.3) is 5.69 Å². The van der Waals surface area contributed by atoms with Crippen LogP contribution in [-0.4, -0.2) is 26.0 Å². The predicted octanol–water partition coefficient (Wildman–Crippen LogP) is 5.62. The number of hydrogen-bond acceptors (Lipinski definition) is 5. The predicted molar refractivity (Wildman–Crippen MR) is 118 cm³/mol. The third-order valence-corrected chi connectivity index (χ3v) is 5.98. The van der Waals surface area contributed by atoms with Crippen LogP contribution in [0.25, 0.3) is 11.0 Å². The van der Waals surface area contributed by atoms with Gasteiger partial charge in [0, 0.05) is 22.7 Å². The van der Waals surface area contributed by atoms with Crippen molar-refractivity contribution < 1.29 is 9.72 Å². The summed E-state index contributed by atoms with van der Waals surface area (Å²) < 4.78 is 2.05. The Hall–Kier alpha value is -3.16. The third-order valence-electron chi connectivity index (χ3n) is 4.64. The van der Waals surface area contributed by atoms with E-state index in [0.29, 0.717) is 22.3 Å². The van der Waals surface area contributed by atoms with E-state index in [9.17, 15) is 14.9 Å². The maximum absolute atomic E-state index is 12.6. The van der Waals surface area contributed by atoms with Crippen LogP contribution in [0.3, 0.4) is 0 Å². The molecule has 1 heterocycles. The fourth-order valence-corrected chi connectivity index (χ4v) is 4.20. The minimum Gasteiger partial charge on any atom is -0.314 e. The van der Waals surface area contributed by atoms with E-state index in [1.54, 1.807) is 0 Å². The summed E-state index contributed by atoms with van der Waals surface area (Å²) in [6.45, 7) is 0.536. The number of aromatic nitrogens is 2. The second-order valence-electron chi connectivity index (χ2n) is 6.58. The summed E-state index contributed by atoms with van der Waals surface area (Å²) >= 11 is 7.68. The quantitative estimate of drug-likeness (QED) is 0.162. The standard InChI is InChI=1S/C22H16ClN3O3S/c23-18-6-2-1-5-16(18)13-25-20-8-4-3-7-19(20)24-22(25)30-14-21(27)15-9-11-17(12-10-15)26(28)29/h1-12H,13-14H2. The number of thioether (sulfide) groups is 1. The number of nitrogens with zero attached hydrogens (tertiary/aromatic N) is 3. The lowest BCUT2D eigenvalue weighted by atomic mass is 10.1. The number of para-hydroxylation sites is 2. The Balaban J connectivity index is 1.58. The second kappa shape index (κ2) is 8.69. The first-order valence-corrected chi connectivity index (χ1v) is 10.5. The number of carbonyl (C=O) groups excluding carboxylic acids is 1. The van der Waals surface area contributed by atoms with E-state index in [4.69, 9.17) is 11.6 Å². The Labute approximate surface area is 181 Å². The van der Waals surface area contributed by atoms with Crippen LogP contribution in [0.4, 0.5) is 5.69 Å². The summed E-state index contributed by atoms with van der Waals surface area (Å²) in [5.41, 5.74) is 3.16. The van der Waals surface area contributed by atoms with Crippen molar-refractivity contribution in [3.8, 4) is 0 Å². The van der Waals surface area contributed by atoms with Gasteiger partial charge in [-0.3, -0.25) is 14.9 Å². The second-order valence-corrected chi connectivity index (χ2v) is 7.93. The molecule has 0 amide bonds. The van der Waals surface area contributed by atoms with Crippen molar-refractivity contribution >= 4 is 45.9 Å². The van der Waals surface area contributed by atoms with Crippen molar-refractivity contribution in [2.45, 2.75) is 11.7 Å². The normalized spacial score (nSPS) is 11.0. The molecule has 0 spiro atoms. The minimum atomic E-state index is -0.486. The van der Waals surface area contributed by atoms with E-state index >= 15 is 0 Å². The Morgan fingerprint density at radius 3 is 2.47 bits per heavy atom. The number of benzene rings is 3. The van der Waals surface area contributed by atoms with E-state index in [0.717, 1.165) is 16.6 Å². The smallest absolute Gasteiger partial charge is 0.269 e. The fourth-order valence-electron chi connectivity index (χ4n) is 3.10. The van der Waals surface area contributed by atoms with Crippen molar-refractivity contribution in [1.29, 1.82) is 0 Å². The number of halogens is 1. The number of ketones is 1. The summed E-state index contributed by atoms with van der Waals surface area (Å²) in [7, 11) is 0. The van der Waals surface area contributed by atoms with Gasteiger partial charge in [0.2, 0.25) is 0 Å². The number of imidazole rings is 1. The highest BCUT2D eigenvalue weighted by Crippen LogP contribution is 2.27. The summed E-state index contributed by atoms with van der Waals surface area (Å²) in [5.74, 6) is 0.0511. The first-order chi connectivity index (χ1) is 14.5. The van der Waals surface area contributed by atoms with Gasteiger partial charge >= 0.3 is 0 Å². The average Bonchev–Trinajstić information content (AvgIpc) is 3.11. The van der Waals surface area contributed by atoms with Gasteiger partial charge in [0.1, 0.15) is 0 Å². The maximum atomic E-state index is 12.6. The summed E-state index contributed by atoms with van der Waals surface area (Å²) in [6, 6.07) is 21.1. The van der Waals surface area contributed by atoms with Gasteiger partial charge in [-0.05, 0) is 35.9 Å². The van der Waals surface area contributed by atoms with Crippen molar-refractivity contribution in [2.75, 3.05) is 5.75 Å². The first-order valence-electron chi connectivity index (χ1n) is 9.12. The molecule has 0 aliphatic rings. The molecule has 0 N–H and O–H groups in total. The molecule has 150 valence electrons. The van der Waals surface area contributed by atoms with Crippen molar-refractivity contribution in [2.24, 2.45) is 0 Å². The molecule has 0 atom stereocenters. The van der Waals surface area contributed by atoms with Crippen LogP contribution in [0.1, 0.15) is 15.9 Å². The highest BCUT2D eigenvalue weighted by Gasteiger charge is 2.16. The lowest BCUT2D eigenvalue weighted by Crippen LogP contribution is -2.06. The molecule has 0 radical (unpaired) electrons. The number of fused-ring (bicyclic) bond motifs is 1. The molecule has 0 saturated carbocycles. The fraction of sp³-hybridized carbons (Fsp3) is 0.0909. The molecule has 1 aromatic heterocycles. The van der Waals surface area contributed by atoms with Crippen molar-refractivity contribution in [1.82, 2.24) is 9.55 Å². The monoisotopic (exact) mass is 437 g/mol. The Kier molecular flexibility index (Phi) is 5.83. The van der Waals surface area contributed by atoms with Crippen LogP contribution in [0.5, 0.6) is 0 Å². The third kappa shape index (κ3) is 4.22. The van der Waals surface area contributed by atoms with Gasteiger partial charge < -0.3 is 4.57 Å². The maximum Gasteiger partial charge on any atom is 0.269 e. The van der Waals surface area contributed by atoms with Crippen LogP contribution in [0.15, 0.2) is 78.0 Å². The molecule has 6 nitrogen and oxygen atoms in total. The largest absolute Gasteiger partial charge is 0.314 e. The zero-order chi connectivity index (χ0) is 21.1. The lowest BCUT2D eigenvalue weighted by molar-refractivity contribution is -0.384. The van der Waals surface area contributed by atoms with Gasteiger partial charge in [-0.1, -0.05) is 53.7 Å². The van der Waals surface area contributed by atoms with Crippen LogP contribution < -0.4 is 0 Å². The molecule has 30 heavy (non-hydrogen) atoms. The molecule has 0 saturated heterocycles. The van der Waals surface area contributed by atoms with Crippen LogP contribution >= 0.6 is 23.4 Å². The van der Waals surface area contributed by atoms with E-state index in [2.05, 4.69) is 4.98 Å². The number of carbonyl (C=O) groups is 1. The molecular formula is C22H16ClN3O3S.